The first kappa shape index (κ1) is 34.8. The zero-order valence-corrected chi connectivity index (χ0v) is 33.5. The molecule has 0 bridgehead atoms. The molecule has 8 heteroatoms. The van der Waals surface area contributed by atoms with Crippen LogP contribution in [0.4, 0.5) is 0 Å². The number of imidazole rings is 2. The average molecular weight is 916 g/mol. The van der Waals surface area contributed by atoms with Crippen LogP contribution in [0.25, 0.3) is 88.7 Å². The van der Waals surface area contributed by atoms with Gasteiger partial charge in [-0.15, -0.1) is 12.1 Å². The van der Waals surface area contributed by atoms with E-state index >= 15 is 0 Å². The average Bonchev–Trinajstić information content (AvgIpc) is 3.85. The molecular formula is C49H32N6OPt. The maximum absolute atomic E-state index is 6.65. The molecular weight excluding hydrogens is 884 g/mol. The van der Waals surface area contributed by atoms with Crippen molar-refractivity contribution in [1.82, 2.24) is 28.7 Å². The van der Waals surface area contributed by atoms with Crippen LogP contribution in [0, 0.1) is 32.9 Å². The van der Waals surface area contributed by atoms with Gasteiger partial charge in [-0.2, -0.15) is 0 Å². The molecule has 0 saturated carbocycles. The van der Waals surface area contributed by atoms with Crippen molar-refractivity contribution in [3.8, 4) is 45.3 Å². The molecule has 6 aromatic heterocycles. The number of ether oxygens (including phenoxy) is 1. The van der Waals surface area contributed by atoms with E-state index in [0.717, 1.165) is 88.7 Å². The number of nitrogens with zero attached hydrogens (tertiary/aromatic N) is 6. The Bertz CT molecular complexity index is 3350. The maximum atomic E-state index is 6.65. The molecule has 0 atom stereocenters. The van der Waals surface area contributed by atoms with Gasteiger partial charge in [0.15, 0.2) is 0 Å². The van der Waals surface area contributed by atoms with Crippen molar-refractivity contribution in [1.29, 1.82) is 0 Å². The van der Waals surface area contributed by atoms with Gasteiger partial charge in [0.1, 0.15) is 11.3 Å². The molecule has 0 spiro atoms. The van der Waals surface area contributed by atoms with Gasteiger partial charge in [-0.3, -0.25) is 9.97 Å². The number of rotatable bonds is 5. The summed E-state index contributed by atoms with van der Waals surface area (Å²) in [7, 11) is 0. The topological polar surface area (TPSA) is 69.6 Å². The number of hydrogen-bond acceptors (Lipinski definition) is 5. The van der Waals surface area contributed by atoms with E-state index < -0.39 is 0 Å². The summed E-state index contributed by atoms with van der Waals surface area (Å²) in [6, 6.07) is 48.6. The van der Waals surface area contributed by atoms with Crippen LogP contribution in [0.5, 0.6) is 11.5 Å². The number of pyridine rings is 4. The second-order valence-corrected chi connectivity index (χ2v) is 14.3. The minimum absolute atomic E-state index is 0. The zero-order chi connectivity index (χ0) is 37.5. The molecule has 274 valence electrons. The smallest absolute Gasteiger partial charge is 0.497 e. The molecule has 0 radical (unpaired) electrons. The van der Waals surface area contributed by atoms with E-state index in [2.05, 4.69) is 115 Å². The van der Waals surface area contributed by atoms with Crippen LogP contribution >= 0.6 is 0 Å². The third kappa shape index (κ3) is 5.45. The second-order valence-electron chi connectivity index (χ2n) is 14.3. The van der Waals surface area contributed by atoms with Crippen LogP contribution < -0.4 is 4.74 Å². The molecule has 0 aliphatic rings. The van der Waals surface area contributed by atoms with Crippen molar-refractivity contribution in [3.63, 3.8) is 0 Å². The number of fused-ring (bicyclic) bond motifs is 12. The predicted octanol–water partition coefficient (Wildman–Crippen LogP) is 11.7. The first-order chi connectivity index (χ1) is 27.5. The quantitative estimate of drug-likeness (QED) is 0.127. The molecule has 5 aromatic carbocycles. The molecule has 11 rings (SSSR count). The van der Waals surface area contributed by atoms with Gasteiger partial charge in [-0.1, -0.05) is 136 Å². The molecule has 0 fully saturated rings. The first-order valence-corrected chi connectivity index (χ1v) is 18.6. The van der Waals surface area contributed by atoms with E-state index in [0.29, 0.717) is 11.5 Å². The summed E-state index contributed by atoms with van der Waals surface area (Å²) in [6.45, 7) is 6.45. The summed E-state index contributed by atoms with van der Waals surface area (Å²) in [5.41, 5.74) is 12.9. The number of aromatic nitrogens is 6. The SMILES string of the molecule is Cc1cc(C)c(-c2cnc3c4[c-]c(Oc5[c-]c6c(cc5)c5cccnc5n5c(-c7ccccc7)c(-c7ccccc7)nc65)ccc4c4cccnc4n23)c(C)c1.[Pt+2]. The molecule has 0 aliphatic heterocycles. The third-order valence-corrected chi connectivity index (χ3v) is 10.7. The van der Waals surface area contributed by atoms with Crippen molar-refractivity contribution >= 4 is 54.9 Å². The predicted molar refractivity (Wildman–Crippen MR) is 224 cm³/mol. The Kier molecular flexibility index (Phi) is 8.24. The Morgan fingerprint density at radius 3 is 1.70 bits per heavy atom. The number of benzene rings is 5. The van der Waals surface area contributed by atoms with Crippen molar-refractivity contribution < 1.29 is 25.8 Å². The van der Waals surface area contributed by atoms with Gasteiger partial charge < -0.3 is 13.5 Å². The molecule has 11 aromatic rings. The minimum Gasteiger partial charge on any atom is -0.497 e. The fourth-order valence-corrected chi connectivity index (χ4v) is 8.52. The van der Waals surface area contributed by atoms with Crippen LogP contribution in [0.2, 0.25) is 0 Å². The molecule has 57 heavy (non-hydrogen) atoms. The van der Waals surface area contributed by atoms with Crippen LogP contribution in [0.1, 0.15) is 16.7 Å². The fourth-order valence-electron chi connectivity index (χ4n) is 8.52. The summed E-state index contributed by atoms with van der Waals surface area (Å²) < 4.78 is 11.0. The summed E-state index contributed by atoms with van der Waals surface area (Å²) in [6.07, 6.45) is 5.63. The van der Waals surface area contributed by atoms with Crippen LogP contribution in [-0.4, -0.2) is 28.7 Å². The zero-order valence-electron chi connectivity index (χ0n) is 31.2. The molecule has 0 N–H and O–H groups in total. The minimum atomic E-state index is 0. The normalized spacial score (nSPS) is 11.6. The van der Waals surface area contributed by atoms with E-state index in [1.165, 1.54) is 16.7 Å². The molecule has 0 aliphatic carbocycles. The third-order valence-electron chi connectivity index (χ3n) is 10.7. The van der Waals surface area contributed by atoms with Gasteiger partial charge in [0, 0.05) is 46.8 Å². The number of hydrogen-bond donors (Lipinski definition) is 0. The van der Waals surface area contributed by atoms with Crippen molar-refractivity contribution in [2.24, 2.45) is 0 Å². The van der Waals surface area contributed by atoms with Gasteiger partial charge >= 0.3 is 21.1 Å². The molecule has 7 nitrogen and oxygen atoms in total. The van der Waals surface area contributed by atoms with E-state index in [1.807, 2.05) is 67.1 Å². The van der Waals surface area contributed by atoms with Gasteiger partial charge in [-0.25, -0.2) is 9.97 Å². The van der Waals surface area contributed by atoms with Crippen molar-refractivity contribution in [2.45, 2.75) is 20.8 Å². The van der Waals surface area contributed by atoms with E-state index in [4.69, 9.17) is 24.7 Å². The van der Waals surface area contributed by atoms with Gasteiger partial charge in [-0.05, 0) is 54.8 Å². The Morgan fingerprint density at radius 1 is 0.526 bits per heavy atom. The maximum Gasteiger partial charge on any atom is 2.00 e. The molecule has 6 heterocycles. The van der Waals surface area contributed by atoms with E-state index in [-0.39, 0.29) is 21.1 Å². The van der Waals surface area contributed by atoms with E-state index in [9.17, 15) is 0 Å². The summed E-state index contributed by atoms with van der Waals surface area (Å²) in [5, 5.41) is 5.70. The summed E-state index contributed by atoms with van der Waals surface area (Å²) in [4.78, 5) is 20.1. The Hall–Kier alpha value is -6.69. The second kappa shape index (κ2) is 13.5. The number of aryl methyl sites for hydroxylation is 3. The molecule has 0 unspecified atom stereocenters. The molecule has 0 amide bonds. The summed E-state index contributed by atoms with van der Waals surface area (Å²) in [5.74, 6) is 1.11. The van der Waals surface area contributed by atoms with Gasteiger partial charge in [0.25, 0.3) is 0 Å². The van der Waals surface area contributed by atoms with Crippen LogP contribution in [0.15, 0.2) is 140 Å². The first-order valence-electron chi connectivity index (χ1n) is 18.6. The monoisotopic (exact) mass is 915 g/mol. The van der Waals surface area contributed by atoms with Gasteiger partial charge in [0.05, 0.1) is 28.4 Å². The fraction of sp³-hybridized carbons (Fsp3) is 0.0612. The summed E-state index contributed by atoms with van der Waals surface area (Å²) >= 11 is 0. The van der Waals surface area contributed by atoms with E-state index in [1.54, 1.807) is 0 Å². The standard InChI is InChI=1S/C49H32N6O.Pt/c1-29-24-30(2)43(31(3)25-29)42-28-52-48-40-26-34(18-20-36(40)38-16-10-22-50-46(38)54(42)48)56-35-19-21-37-39-17-11-23-51-47(39)55-45(33-14-8-5-9-15-33)44(32-12-6-4-7-13-32)53-49(55)41(37)27-35;/h4-25,28H,1-3H3;/q-2;+2. The van der Waals surface area contributed by atoms with Crippen LogP contribution in [0.3, 0.4) is 0 Å². The van der Waals surface area contributed by atoms with Gasteiger partial charge in [0.2, 0.25) is 0 Å². The van der Waals surface area contributed by atoms with Crippen molar-refractivity contribution in [2.75, 3.05) is 0 Å². The van der Waals surface area contributed by atoms with Crippen LogP contribution in [-0.2, 0) is 21.1 Å². The Morgan fingerprint density at radius 2 is 1.09 bits per heavy atom. The Labute approximate surface area is 342 Å². The van der Waals surface area contributed by atoms with Crippen molar-refractivity contribution in [3.05, 3.63) is 169 Å². The molecule has 0 saturated heterocycles. The largest absolute Gasteiger partial charge is 2.00 e. The Balaban J connectivity index is 0.00000396.